The van der Waals surface area contributed by atoms with Gasteiger partial charge in [-0.3, -0.25) is 0 Å². The molecule has 0 aromatic heterocycles. The van der Waals surface area contributed by atoms with E-state index in [1.165, 1.54) is 23.2 Å². The highest BCUT2D eigenvalue weighted by atomic mass is 15.2. The van der Waals surface area contributed by atoms with Gasteiger partial charge in [0.05, 0.1) is 0 Å². The Morgan fingerprint density at radius 3 is 2.16 bits per heavy atom. The average Bonchev–Trinajstić information content (AvgIpc) is 2.86. The van der Waals surface area contributed by atoms with E-state index >= 15 is 0 Å². The lowest BCUT2D eigenvalue weighted by molar-refractivity contribution is 0.443. The number of benzene rings is 2. The standard InChI is InChI=1S/C24H33N/c1-7-22(2,3)20-15-11-12-16-21(20)25-18-24(6,17-23(25,4)5)19-13-9-8-10-14-19/h8-16H,7,17-18H2,1-6H3. The number of nitrogens with zero attached hydrogens (tertiary/aromatic N) is 1. The zero-order chi connectivity index (χ0) is 18.3. The van der Waals surface area contributed by atoms with E-state index in [1.807, 2.05) is 0 Å². The molecule has 3 rings (SSSR count). The molecular formula is C24H33N. The second kappa shape index (κ2) is 6.20. The largest absolute Gasteiger partial charge is 0.365 e. The van der Waals surface area contributed by atoms with E-state index in [-0.39, 0.29) is 16.4 Å². The molecule has 1 fully saturated rings. The second-order valence-corrected chi connectivity index (χ2v) is 9.26. The molecule has 1 heterocycles. The molecule has 1 heteroatoms. The summed E-state index contributed by atoms with van der Waals surface area (Å²) in [6.45, 7) is 15.3. The summed E-state index contributed by atoms with van der Waals surface area (Å²) in [5.41, 5.74) is 4.87. The minimum atomic E-state index is 0.143. The summed E-state index contributed by atoms with van der Waals surface area (Å²) in [6.07, 6.45) is 2.32. The molecule has 1 atom stereocenters. The van der Waals surface area contributed by atoms with Crippen LogP contribution in [0.25, 0.3) is 0 Å². The van der Waals surface area contributed by atoms with Gasteiger partial charge in [0.15, 0.2) is 0 Å². The van der Waals surface area contributed by atoms with Crippen LogP contribution in [-0.4, -0.2) is 12.1 Å². The first-order chi connectivity index (χ1) is 11.7. The summed E-state index contributed by atoms with van der Waals surface area (Å²) < 4.78 is 0. The number of hydrogen-bond acceptors (Lipinski definition) is 1. The molecule has 0 N–H and O–H groups in total. The Labute approximate surface area is 154 Å². The van der Waals surface area contributed by atoms with Gasteiger partial charge in [0.25, 0.3) is 0 Å². The molecule has 0 bridgehead atoms. The van der Waals surface area contributed by atoms with Crippen LogP contribution in [0.15, 0.2) is 54.6 Å². The van der Waals surface area contributed by atoms with Crippen LogP contribution in [0.3, 0.4) is 0 Å². The molecule has 0 aliphatic carbocycles. The fourth-order valence-corrected chi connectivity index (χ4v) is 4.59. The molecule has 2 aromatic carbocycles. The van der Waals surface area contributed by atoms with E-state index in [9.17, 15) is 0 Å². The van der Waals surface area contributed by atoms with E-state index < -0.39 is 0 Å². The van der Waals surface area contributed by atoms with Gasteiger partial charge in [0, 0.05) is 23.2 Å². The molecule has 2 aromatic rings. The van der Waals surface area contributed by atoms with Crippen molar-refractivity contribution in [2.45, 2.75) is 70.8 Å². The Kier molecular flexibility index (Phi) is 4.47. The van der Waals surface area contributed by atoms with Gasteiger partial charge in [-0.05, 0) is 49.3 Å². The van der Waals surface area contributed by atoms with Gasteiger partial charge in [-0.2, -0.15) is 0 Å². The van der Waals surface area contributed by atoms with E-state index in [0.29, 0.717) is 0 Å². The van der Waals surface area contributed by atoms with Crippen molar-refractivity contribution >= 4 is 5.69 Å². The molecule has 1 aliphatic heterocycles. The zero-order valence-corrected chi connectivity index (χ0v) is 16.8. The Balaban J connectivity index is 2.05. The third-order valence-corrected chi connectivity index (χ3v) is 6.34. The van der Waals surface area contributed by atoms with E-state index in [1.54, 1.807) is 0 Å². The van der Waals surface area contributed by atoms with Crippen LogP contribution in [0.2, 0.25) is 0 Å². The van der Waals surface area contributed by atoms with E-state index in [4.69, 9.17) is 0 Å². The SMILES string of the molecule is CCC(C)(C)c1ccccc1N1CC(C)(c2ccccc2)CC1(C)C. The number of para-hydroxylation sites is 1. The maximum absolute atomic E-state index is 2.66. The molecule has 0 amide bonds. The van der Waals surface area contributed by atoms with Gasteiger partial charge in [-0.25, -0.2) is 0 Å². The highest BCUT2D eigenvalue weighted by Crippen LogP contribution is 2.47. The highest BCUT2D eigenvalue weighted by molar-refractivity contribution is 5.60. The van der Waals surface area contributed by atoms with Gasteiger partial charge < -0.3 is 4.90 Å². The van der Waals surface area contributed by atoms with Gasteiger partial charge in [-0.1, -0.05) is 76.2 Å². The molecule has 0 spiro atoms. The van der Waals surface area contributed by atoms with E-state index in [2.05, 4.69) is 101 Å². The van der Waals surface area contributed by atoms with Crippen LogP contribution in [-0.2, 0) is 10.8 Å². The maximum Gasteiger partial charge on any atom is 0.0409 e. The monoisotopic (exact) mass is 335 g/mol. The molecule has 0 saturated carbocycles. The predicted molar refractivity (Wildman–Crippen MR) is 110 cm³/mol. The lowest BCUT2D eigenvalue weighted by atomic mass is 9.78. The minimum absolute atomic E-state index is 0.143. The van der Waals surface area contributed by atoms with Crippen molar-refractivity contribution in [3.63, 3.8) is 0 Å². The third-order valence-electron chi connectivity index (χ3n) is 6.34. The zero-order valence-electron chi connectivity index (χ0n) is 16.8. The van der Waals surface area contributed by atoms with Crippen molar-refractivity contribution < 1.29 is 0 Å². The summed E-state index contributed by atoms with van der Waals surface area (Å²) in [6, 6.07) is 20.1. The Morgan fingerprint density at radius 2 is 1.52 bits per heavy atom. The number of anilines is 1. The number of hydrogen-bond donors (Lipinski definition) is 0. The topological polar surface area (TPSA) is 3.24 Å². The van der Waals surface area contributed by atoms with Crippen molar-refractivity contribution in [1.29, 1.82) is 0 Å². The summed E-state index contributed by atoms with van der Waals surface area (Å²) in [5, 5.41) is 0. The first-order valence-electron chi connectivity index (χ1n) is 9.62. The molecule has 1 unspecified atom stereocenters. The summed E-state index contributed by atoms with van der Waals surface area (Å²) in [7, 11) is 0. The van der Waals surface area contributed by atoms with E-state index in [0.717, 1.165) is 13.0 Å². The van der Waals surface area contributed by atoms with Crippen molar-refractivity contribution in [2.75, 3.05) is 11.4 Å². The van der Waals surface area contributed by atoms with Gasteiger partial charge in [0.2, 0.25) is 0 Å². The normalized spacial score (nSPS) is 23.0. The highest BCUT2D eigenvalue weighted by Gasteiger charge is 2.47. The van der Waals surface area contributed by atoms with Crippen molar-refractivity contribution in [3.05, 3.63) is 65.7 Å². The molecule has 25 heavy (non-hydrogen) atoms. The molecule has 134 valence electrons. The molecule has 1 nitrogen and oxygen atoms in total. The fourth-order valence-electron chi connectivity index (χ4n) is 4.59. The van der Waals surface area contributed by atoms with Gasteiger partial charge in [0.1, 0.15) is 0 Å². The van der Waals surface area contributed by atoms with Gasteiger partial charge in [-0.15, -0.1) is 0 Å². The van der Waals surface area contributed by atoms with Gasteiger partial charge >= 0.3 is 0 Å². The Bertz CT molecular complexity index is 729. The molecular weight excluding hydrogens is 302 g/mol. The molecule has 0 radical (unpaired) electrons. The van der Waals surface area contributed by atoms with Crippen LogP contribution >= 0.6 is 0 Å². The lowest BCUT2D eigenvalue weighted by Crippen LogP contribution is -2.39. The van der Waals surface area contributed by atoms with Crippen LogP contribution in [0.1, 0.15) is 65.5 Å². The predicted octanol–water partition coefficient (Wildman–Crippen LogP) is 6.32. The first kappa shape index (κ1) is 18.0. The second-order valence-electron chi connectivity index (χ2n) is 9.26. The Morgan fingerprint density at radius 1 is 0.920 bits per heavy atom. The van der Waals surface area contributed by atoms with Crippen LogP contribution in [0.5, 0.6) is 0 Å². The molecule has 1 aliphatic rings. The maximum atomic E-state index is 2.66. The van der Waals surface area contributed by atoms with Crippen molar-refractivity contribution in [3.8, 4) is 0 Å². The van der Waals surface area contributed by atoms with Crippen LogP contribution in [0, 0.1) is 0 Å². The summed E-state index contributed by atoms with van der Waals surface area (Å²) in [4.78, 5) is 2.66. The third kappa shape index (κ3) is 3.21. The van der Waals surface area contributed by atoms with Crippen LogP contribution < -0.4 is 4.90 Å². The summed E-state index contributed by atoms with van der Waals surface area (Å²) in [5.74, 6) is 0. The van der Waals surface area contributed by atoms with Crippen molar-refractivity contribution in [2.24, 2.45) is 0 Å². The summed E-state index contributed by atoms with van der Waals surface area (Å²) >= 11 is 0. The fraction of sp³-hybridized carbons (Fsp3) is 0.500. The molecule has 1 saturated heterocycles. The lowest BCUT2D eigenvalue weighted by Gasteiger charge is -2.38. The quantitative estimate of drug-likeness (QED) is 0.632. The smallest absolute Gasteiger partial charge is 0.0409 e. The average molecular weight is 336 g/mol. The first-order valence-corrected chi connectivity index (χ1v) is 9.62. The minimum Gasteiger partial charge on any atom is -0.365 e. The number of rotatable bonds is 4. The van der Waals surface area contributed by atoms with Crippen molar-refractivity contribution in [1.82, 2.24) is 0 Å². The van der Waals surface area contributed by atoms with Crippen LogP contribution in [0.4, 0.5) is 5.69 Å². The Hall–Kier alpha value is -1.76.